The van der Waals surface area contributed by atoms with Crippen molar-refractivity contribution in [3.63, 3.8) is 0 Å². The summed E-state index contributed by atoms with van der Waals surface area (Å²) in [4.78, 5) is 27.1. The molecule has 0 atom stereocenters. The highest BCUT2D eigenvalue weighted by atomic mass is 32.1. The lowest BCUT2D eigenvalue weighted by atomic mass is 10.4. The van der Waals surface area contributed by atoms with Crippen LogP contribution < -0.4 is 11.0 Å². The summed E-state index contributed by atoms with van der Waals surface area (Å²) in [6.07, 6.45) is 1.55. The lowest BCUT2D eigenvalue weighted by Crippen LogP contribution is -2.22. The Morgan fingerprint density at radius 3 is 2.94 bits per heavy atom. The largest absolute Gasteiger partial charge is 0.349 e. The van der Waals surface area contributed by atoms with E-state index >= 15 is 0 Å². The molecule has 0 spiro atoms. The molecule has 2 aromatic rings. The second-order valence-electron chi connectivity index (χ2n) is 3.14. The molecule has 0 aliphatic carbocycles. The maximum atomic E-state index is 11.6. The molecule has 0 saturated carbocycles. The van der Waals surface area contributed by atoms with Gasteiger partial charge >= 0.3 is 5.69 Å². The van der Waals surface area contributed by atoms with Crippen LogP contribution in [0.15, 0.2) is 34.6 Å². The van der Waals surface area contributed by atoms with Gasteiger partial charge in [-0.05, 0) is 17.5 Å². The number of anilines is 1. The minimum atomic E-state index is -0.399. The van der Waals surface area contributed by atoms with Crippen molar-refractivity contribution in [2.75, 3.05) is 5.32 Å². The predicted octanol–water partition coefficient (Wildman–Crippen LogP) is 1.09. The van der Waals surface area contributed by atoms with Crippen LogP contribution in [0.4, 0.5) is 5.82 Å². The summed E-state index contributed by atoms with van der Waals surface area (Å²) in [5.41, 5.74) is -0.399. The van der Waals surface area contributed by atoms with Crippen molar-refractivity contribution in [3.05, 3.63) is 45.1 Å². The Bertz CT molecular complexity index is 560. The standard InChI is InChI=1S/C10H9N3O2S/c1-13-5-4-8(12-10(13)15)11-9(14)7-3-2-6-16-7/h2-6H,1H3,(H,11,12,14,15). The van der Waals surface area contributed by atoms with E-state index in [1.165, 1.54) is 15.9 Å². The van der Waals surface area contributed by atoms with Gasteiger partial charge in [-0.2, -0.15) is 4.98 Å². The second kappa shape index (κ2) is 4.28. The molecule has 0 fully saturated rings. The maximum absolute atomic E-state index is 11.6. The van der Waals surface area contributed by atoms with Crippen molar-refractivity contribution >= 4 is 23.1 Å². The molecule has 0 aromatic carbocycles. The first-order valence-electron chi connectivity index (χ1n) is 4.55. The van der Waals surface area contributed by atoms with Gasteiger partial charge in [0.25, 0.3) is 5.91 Å². The topological polar surface area (TPSA) is 64.0 Å². The number of carbonyl (C=O) groups is 1. The Morgan fingerprint density at radius 1 is 1.50 bits per heavy atom. The second-order valence-corrected chi connectivity index (χ2v) is 4.09. The number of nitrogens with zero attached hydrogens (tertiary/aromatic N) is 2. The summed E-state index contributed by atoms with van der Waals surface area (Å²) in [5.74, 6) is 0.0113. The van der Waals surface area contributed by atoms with Gasteiger partial charge in [-0.1, -0.05) is 6.07 Å². The van der Waals surface area contributed by atoms with Gasteiger partial charge in [0, 0.05) is 13.2 Å². The van der Waals surface area contributed by atoms with Crippen LogP contribution in [0, 0.1) is 0 Å². The van der Waals surface area contributed by atoms with Crippen LogP contribution in [-0.2, 0) is 7.05 Å². The number of amides is 1. The first kappa shape index (κ1) is 10.6. The van der Waals surface area contributed by atoms with Crippen molar-refractivity contribution in [3.8, 4) is 0 Å². The molecule has 2 aromatic heterocycles. The Kier molecular flexibility index (Phi) is 2.82. The Morgan fingerprint density at radius 2 is 2.31 bits per heavy atom. The first-order valence-corrected chi connectivity index (χ1v) is 5.43. The van der Waals surface area contributed by atoms with Crippen LogP contribution >= 0.6 is 11.3 Å². The summed E-state index contributed by atoms with van der Waals surface area (Å²) in [7, 11) is 1.60. The maximum Gasteiger partial charge on any atom is 0.349 e. The van der Waals surface area contributed by atoms with Crippen molar-refractivity contribution < 1.29 is 4.79 Å². The van der Waals surface area contributed by atoms with Gasteiger partial charge in [0.1, 0.15) is 5.82 Å². The van der Waals surface area contributed by atoms with Crippen LogP contribution in [0.5, 0.6) is 0 Å². The zero-order chi connectivity index (χ0) is 11.5. The quantitative estimate of drug-likeness (QED) is 0.847. The minimum absolute atomic E-state index is 0.254. The molecule has 0 aliphatic heterocycles. The van der Waals surface area contributed by atoms with Gasteiger partial charge in [-0.15, -0.1) is 11.3 Å². The van der Waals surface area contributed by atoms with Crippen LogP contribution in [0.25, 0.3) is 0 Å². The molecule has 2 heterocycles. The van der Waals surface area contributed by atoms with E-state index < -0.39 is 5.69 Å². The van der Waals surface area contributed by atoms with Crippen molar-refractivity contribution in [1.29, 1.82) is 0 Å². The molecular weight excluding hydrogens is 226 g/mol. The average Bonchev–Trinajstić information content (AvgIpc) is 2.77. The molecule has 0 bridgehead atoms. The molecule has 16 heavy (non-hydrogen) atoms. The van der Waals surface area contributed by atoms with E-state index in [1.54, 1.807) is 31.4 Å². The van der Waals surface area contributed by atoms with E-state index in [-0.39, 0.29) is 11.7 Å². The zero-order valence-electron chi connectivity index (χ0n) is 8.51. The molecule has 0 radical (unpaired) electrons. The molecule has 1 amide bonds. The molecule has 6 heteroatoms. The Hall–Kier alpha value is -1.95. The molecule has 0 unspecified atom stereocenters. The molecule has 82 valence electrons. The van der Waals surface area contributed by atoms with Gasteiger partial charge in [-0.3, -0.25) is 4.79 Å². The number of aryl methyl sites for hydroxylation is 1. The highest BCUT2D eigenvalue weighted by Crippen LogP contribution is 2.10. The van der Waals surface area contributed by atoms with E-state index in [0.29, 0.717) is 4.88 Å². The lowest BCUT2D eigenvalue weighted by Gasteiger charge is -2.02. The number of aromatic nitrogens is 2. The van der Waals surface area contributed by atoms with Crippen molar-refractivity contribution in [1.82, 2.24) is 9.55 Å². The number of carbonyl (C=O) groups excluding carboxylic acids is 1. The van der Waals surface area contributed by atoms with Gasteiger partial charge < -0.3 is 9.88 Å². The normalized spacial score (nSPS) is 10.1. The van der Waals surface area contributed by atoms with Crippen LogP contribution in [0.2, 0.25) is 0 Å². The fourth-order valence-corrected chi connectivity index (χ4v) is 1.74. The van der Waals surface area contributed by atoms with Crippen molar-refractivity contribution in [2.45, 2.75) is 0 Å². The average molecular weight is 235 g/mol. The van der Waals surface area contributed by atoms with Crippen LogP contribution in [0.1, 0.15) is 9.67 Å². The smallest absolute Gasteiger partial charge is 0.306 e. The number of thiophene rings is 1. The molecule has 5 nitrogen and oxygen atoms in total. The SMILES string of the molecule is Cn1ccc(NC(=O)c2cccs2)nc1=O. The summed E-state index contributed by atoms with van der Waals surface area (Å²) >= 11 is 1.33. The zero-order valence-corrected chi connectivity index (χ0v) is 9.32. The summed E-state index contributed by atoms with van der Waals surface area (Å²) in [6, 6.07) is 5.07. The van der Waals surface area contributed by atoms with E-state index in [4.69, 9.17) is 0 Å². The number of rotatable bonds is 2. The third kappa shape index (κ3) is 2.17. The fraction of sp³-hybridized carbons (Fsp3) is 0.100. The third-order valence-electron chi connectivity index (χ3n) is 1.96. The molecule has 0 aliphatic rings. The van der Waals surface area contributed by atoms with E-state index in [9.17, 15) is 9.59 Å². The van der Waals surface area contributed by atoms with E-state index in [2.05, 4.69) is 10.3 Å². The number of hydrogen-bond donors (Lipinski definition) is 1. The van der Waals surface area contributed by atoms with Gasteiger partial charge in [0.15, 0.2) is 0 Å². The molecule has 0 saturated heterocycles. The molecule has 1 N–H and O–H groups in total. The Labute approximate surface area is 95.4 Å². The predicted molar refractivity (Wildman–Crippen MR) is 61.8 cm³/mol. The number of hydrogen-bond acceptors (Lipinski definition) is 4. The minimum Gasteiger partial charge on any atom is -0.306 e. The van der Waals surface area contributed by atoms with Gasteiger partial charge in [0.05, 0.1) is 4.88 Å². The Balaban J connectivity index is 2.19. The highest BCUT2D eigenvalue weighted by Gasteiger charge is 2.07. The lowest BCUT2D eigenvalue weighted by molar-refractivity contribution is 0.103. The van der Waals surface area contributed by atoms with Crippen LogP contribution in [0.3, 0.4) is 0 Å². The fourth-order valence-electron chi connectivity index (χ4n) is 1.12. The third-order valence-corrected chi connectivity index (χ3v) is 2.83. The summed E-state index contributed by atoms with van der Waals surface area (Å²) in [5, 5.41) is 4.37. The van der Waals surface area contributed by atoms with Gasteiger partial charge in [0.2, 0.25) is 0 Å². The number of nitrogens with one attached hydrogen (secondary N) is 1. The van der Waals surface area contributed by atoms with Gasteiger partial charge in [-0.25, -0.2) is 4.79 Å². The van der Waals surface area contributed by atoms with E-state index in [1.807, 2.05) is 5.38 Å². The molecular formula is C10H9N3O2S. The molecule has 2 rings (SSSR count). The van der Waals surface area contributed by atoms with E-state index in [0.717, 1.165) is 0 Å². The first-order chi connectivity index (χ1) is 7.66. The summed E-state index contributed by atoms with van der Waals surface area (Å²) < 4.78 is 1.33. The summed E-state index contributed by atoms with van der Waals surface area (Å²) in [6.45, 7) is 0. The van der Waals surface area contributed by atoms with Crippen molar-refractivity contribution in [2.24, 2.45) is 7.05 Å². The monoisotopic (exact) mass is 235 g/mol. The van der Waals surface area contributed by atoms with Crippen LogP contribution in [-0.4, -0.2) is 15.5 Å². The highest BCUT2D eigenvalue weighted by molar-refractivity contribution is 7.12.